The fourth-order valence-electron chi connectivity index (χ4n) is 3.56. The molecule has 1 N–H and O–H groups in total. The van der Waals surface area contributed by atoms with Crippen LogP contribution in [0.3, 0.4) is 0 Å². The van der Waals surface area contributed by atoms with Crippen LogP contribution in [0.2, 0.25) is 0 Å². The van der Waals surface area contributed by atoms with Crippen molar-refractivity contribution in [3.63, 3.8) is 0 Å². The Bertz CT molecular complexity index is 1500. The lowest BCUT2D eigenvalue weighted by atomic mass is 10.0. The van der Waals surface area contributed by atoms with E-state index in [1.165, 1.54) is 24.4 Å². The summed E-state index contributed by atoms with van der Waals surface area (Å²) in [6.45, 7) is 7.95. The minimum absolute atomic E-state index is 0.0805. The van der Waals surface area contributed by atoms with E-state index in [0.717, 1.165) is 28.5 Å². The number of hydrogen-bond acceptors (Lipinski definition) is 3. The molecule has 36 heavy (non-hydrogen) atoms. The first-order valence-corrected chi connectivity index (χ1v) is 11.7. The van der Waals surface area contributed by atoms with Crippen LogP contribution in [0.15, 0.2) is 84.3 Å². The van der Waals surface area contributed by atoms with Crippen LogP contribution < -0.4 is 5.32 Å². The van der Waals surface area contributed by atoms with Gasteiger partial charge in [-0.1, -0.05) is 18.7 Å². The second kappa shape index (κ2) is 10.8. The van der Waals surface area contributed by atoms with Crippen molar-refractivity contribution in [3.8, 4) is 11.4 Å². The van der Waals surface area contributed by atoms with Crippen LogP contribution in [0.5, 0.6) is 0 Å². The Morgan fingerprint density at radius 2 is 1.89 bits per heavy atom. The summed E-state index contributed by atoms with van der Waals surface area (Å²) in [6.07, 6.45) is 10.3. The second-order valence-corrected chi connectivity index (χ2v) is 8.89. The first kappa shape index (κ1) is 25.2. The maximum Gasteiger partial charge on any atom is 0.169 e. The van der Waals surface area contributed by atoms with Crippen molar-refractivity contribution in [3.05, 3.63) is 119 Å². The lowest BCUT2D eigenvalue weighted by Crippen LogP contribution is -2.02. The van der Waals surface area contributed by atoms with Crippen molar-refractivity contribution in [2.75, 3.05) is 5.32 Å². The number of halogens is 4. The highest BCUT2D eigenvalue weighted by atomic mass is 79.9. The molecule has 0 spiro atoms. The summed E-state index contributed by atoms with van der Waals surface area (Å²) < 4.78 is 43.4. The predicted octanol–water partition coefficient (Wildman–Crippen LogP) is 8.09. The van der Waals surface area contributed by atoms with Crippen LogP contribution in [0.25, 0.3) is 28.9 Å². The maximum atomic E-state index is 14.2. The smallest absolute Gasteiger partial charge is 0.169 e. The Morgan fingerprint density at radius 3 is 2.67 bits per heavy atom. The van der Waals surface area contributed by atoms with E-state index in [4.69, 9.17) is 0 Å². The van der Waals surface area contributed by atoms with E-state index in [-0.39, 0.29) is 11.4 Å². The number of nitrogens with one attached hydrogen (secondary N) is 1. The van der Waals surface area contributed by atoms with Crippen molar-refractivity contribution in [2.24, 2.45) is 0 Å². The van der Waals surface area contributed by atoms with Crippen LogP contribution in [0.4, 0.5) is 18.9 Å². The van der Waals surface area contributed by atoms with Gasteiger partial charge in [0.25, 0.3) is 0 Å². The van der Waals surface area contributed by atoms with E-state index in [0.29, 0.717) is 21.7 Å². The largest absolute Gasteiger partial charge is 0.355 e. The number of pyridine rings is 1. The molecule has 8 heteroatoms. The molecular weight excluding hydrogens is 529 g/mol. The molecule has 2 aromatic heterocycles. The zero-order valence-electron chi connectivity index (χ0n) is 19.6. The molecular formula is C28H22BrF3N4. The van der Waals surface area contributed by atoms with Gasteiger partial charge in [-0.3, -0.25) is 4.98 Å². The third-order valence-electron chi connectivity index (χ3n) is 5.54. The molecule has 0 aliphatic rings. The Balaban J connectivity index is 1.54. The molecule has 0 fully saturated rings. The third kappa shape index (κ3) is 5.49. The predicted molar refractivity (Wildman–Crippen MR) is 142 cm³/mol. The van der Waals surface area contributed by atoms with Crippen molar-refractivity contribution in [1.82, 2.24) is 14.5 Å². The number of rotatable bonds is 7. The van der Waals surface area contributed by atoms with Gasteiger partial charge in [-0.05, 0) is 83.4 Å². The number of aryl methyl sites for hydroxylation is 1. The van der Waals surface area contributed by atoms with Gasteiger partial charge in [0, 0.05) is 47.4 Å². The summed E-state index contributed by atoms with van der Waals surface area (Å²) in [5, 5.41) is 3.19. The molecule has 182 valence electrons. The number of aromatic nitrogens is 3. The zero-order valence-corrected chi connectivity index (χ0v) is 21.2. The van der Waals surface area contributed by atoms with Crippen molar-refractivity contribution < 1.29 is 13.2 Å². The number of imidazole rings is 1. The average molecular weight is 551 g/mol. The first-order valence-electron chi connectivity index (χ1n) is 10.9. The molecule has 0 amide bonds. The highest BCUT2D eigenvalue weighted by Gasteiger charge is 2.13. The number of anilines is 1. The molecule has 4 rings (SSSR count). The van der Waals surface area contributed by atoms with Gasteiger partial charge in [-0.25, -0.2) is 18.2 Å². The van der Waals surface area contributed by atoms with Crippen molar-refractivity contribution >= 4 is 39.1 Å². The van der Waals surface area contributed by atoms with Gasteiger partial charge in [-0.15, -0.1) is 0 Å². The average Bonchev–Trinajstić information content (AvgIpc) is 3.31. The molecule has 0 aliphatic carbocycles. The third-order valence-corrected chi connectivity index (χ3v) is 6.14. The van der Waals surface area contributed by atoms with Crippen LogP contribution in [0.1, 0.15) is 23.7 Å². The fourth-order valence-corrected chi connectivity index (χ4v) is 3.94. The Hall–Kier alpha value is -3.91. The quantitative estimate of drug-likeness (QED) is 0.236. The normalized spacial score (nSPS) is 11.8. The number of allylic oxidation sites excluding steroid dienone is 3. The van der Waals surface area contributed by atoms with Gasteiger partial charge < -0.3 is 9.88 Å². The summed E-state index contributed by atoms with van der Waals surface area (Å²) in [4.78, 5) is 8.66. The lowest BCUT2D eigenvalue weighted by Gasteiger charge is -2.14. The Morgan fingerprint density at radius 1 is 1.08 bits per heavy atom. The Labute approximate surface area is 215 Å². The Kier molecular flexibility index (Phi) is 7.55. The van der Waals surface area contributed by atoms with Gasteiger partial charge in [0.05, 0.1) is 10.0 Å². The molecule has 0 radical (unpaired) electrons. The molecule has 0 atom stereocenters. The molecule has 2 aromatic carbocycles. The molecule has 4 aromatic rings. The molecule has 0 bridgehead atoms. The lowest BCUT2D eigenvalue weighted by molar-refractivity contribution is 0.510. The van der Waals surface area contributed by atoms with Gasteiger partial charge in [0.1, 0.15) is 11.6 Å². The topological polar surface area (TPSA) is 42.7 Å². The standard InChI is InChI=1S/C28H22BrF3N4/c1-17(6-5-12-36-13-11-33-28(36)22-7-4-8-26(31)27(22)32)20-14-23(18(2)34-16-20)19(3)35-21-9-10-25(30)24(29)15-21/h4-16,35H,3H2,1-2H3/b12-5-,17-6+. The van der Waals surface area contributed by atoms with Crippen LogP contribution >= 0.6 is 15.9 Å². The van der Waals surface area contributed by atoms with Gasteiger partial charge in [-0.2, -0.15) is 0 Å². The molecule has 0 saturated heterocycles. The number of hydrogen-bond donors (Lipinski definition) is 1. The zero-order chi connectivity index (χ0) is 25.8. The van der Waals surface area contributed by atoms with E-state index >= 15 is 0 Å². The summed E-state index contributed by atoms with van der Waals surface area (Å²) in [5.41, 5.74) is 4.82. The van der Waals surface area contributed by atoms with Gasteiger partial charge in [0.2, 0.25) is 0 Å². The monoisotopic (exact) mass is 550 g/mol. The SMILES string of the molecule is C=C(Nc1ccc(F)c(Br)c1)c1cc(/C(C)=C/C=C\n2ccnc2-c2cccc(F)c2F)cnc1C. The molecule has 0 aliphatic heterocycles. The minimum atomic E-state index is -0.940. The van der Waals surface area contributed by atoms with Gasteiger partial charge >= 0.3 is 0 Å². The van der Waals surface area contributed by atoms with Crippen molar-refractivity contribution in [1.29, 1.82) is 0 Å². The van der Waals surface area contributed by atoms with E-state index in [1.54, 1.807) is 41.4 Å². The van der Waals surface area contributed by atoms with Crippen LogP contribution in [0, 0.1) is 24.4 Å². The summed E-state index contributed by atoms with van der Waals surface area (Å²) in [7, 11) is 0. The van der Waals surface area contributed by atoms with E-state index in [9.17, 15) is 13.2 Å². The van der Waals surface area contributed by atoms with E-state index < -0.39 is 11.6 Å². The van der Waals surface area contributed by atoms with Crippen molar-refractivity contribution in [2.45, 2.75) is 13.8 Å². The molecule has 0 unspecified atom stereocenters. The number of benzene rings is 2. The van der Waals surface area contributed by atoms with Crippen LogP contribution in [-0.4, -0.2) is 14.5 Å². The fraction of sp³-hybridized carbons (Fsp3) is 0.0714. The van der Waals surface area contributed by atoms with E-state index in [2.05, 4.69) is 37.8 Å². The highest BCUT2D eigenvalue weighted by molar-refractivity contribution is 9.10. The molecule has 4 nitrogen and oxygen atoms in total. The summed E-state index contributed by atoms with van der Waals surface area (Å²) >= 11 is 3.19. The summed E-state index contributed by atoms with van der Waals surface area (Å²) in [6, 6.07) is 10.6. The second-order valence-electron chi connectivity index (χ2n) is 8.04. The van der Waals surface area contributed by atoms with Gasteiger partial charge in [0.15, 0.2) is 11.6 Å². The number of nitrogens with zero attached hydrogens (tertiary/aromatic N) is 3. The first-order chi connectivity index (χ1) is 17.2. The summed E-state index contributed by atoms with van der Waals surface area (Å²) in [5.74, 6) is -1.91. The highest BCUT2D eigenvalue weighted by Crippen LogP contribution is 2.26. The molecule has 2 heterocycles. The molecule has 0 saturated carbocycles. The van der Waals surface area contributed by atoms with Crippen LogP contribution in [-0.2, 0) is 0 Å². The minimum Gasteiger partial charge on any atom is -0.355 e. The van der Waals surface area contributed by atoms with E-state index in [1.807, 2.05) is 26.0 Å². The maximum absolute atomic E-state index is 14.2.